The van der Waals surface area contributed by atoms with Crippen LogP contribution >= 0.6 is 0 Å². The van der Waals surface area contributed by atoms with E-state index in [1.807, 2.05) is 13.8 Å². The molecule has 0 saturated carbocycles. The average Bonchev–Trinajstić information content (AvgIpc) is 2.83. The van der Waals surface area contributed by atoms with Gasteiger partial charge in [0.05, 0.1) is 0 Å². The zero-order valence-corrected chi connectivity index (χ0v) is 11.6. The third-order valence-electron chi connectivity index (χ3n) is 4.12. The molecule has 2 fully saturated rings. The molecule has 0 N–H and O–H groups in total. The van der Waals surface area contributed by atoms with Crippen molar-refractivity contribution in [3.63, 3.8) is 0 Å². The van der Waals surface area contributed by atoms with E-state index in [1.54, 1.807) is 0 Å². The quantitative estimate of drug-likeness (QED) is 0.747. The maximum absolute atomic E-state index is 12.0. The Labute approximate surface area is 105 Å². The molecule has 2 atom stereocenters. The fourth-order valence-electron chi connectivity index (χ4n) is 3.05. The van der Waals surface area contributed by atoms with Crippen LogP contribution in [0.2, 0.25) is 0 Å². The predicted molar refractivity (Wildman–Crippen MR) is 69.8 cm³/mol. The number of fused-ring (bicyclic) bond motifs is 2. The van der Waals surface area contributed by atoms with Crippen LogP contribution in [0, 0.1) is 11.8 Å². The molecule has 1 amide bonds. The van der Waals surface area contributed by atoms with Crippen molar-refractivity contribution in [3.8, 4) is 0 Å². The van der Waals surface area contributed by atoms with Crippen molar-refractivity contribution in [1.82, 2.24) is 9.80 Å². The molecule has 2 aliphatic rings. The van der Waals surface area contributed by atoms with Crippen LogP contribution in [0.15, 0.2) is 0 Å². The average molecular weight is 238 g/mol. The van der Waals surface area contributed by atoms with Gasteiger partial charge in [-0.25, -0.2) is 0 Å². The van der Waals surface area contributed by atoms with Crippen LogP contribution in [0.1, 0.15) is 40.5 Å². The van der Waals surface area contributed by atoms with Crippen molar-refractivity contribution in [2.75, 3.05) is 19.6 Å². The lowest BCUT2D eigenvalue weighted by Gasteiger charge is -2.35. The van der Waals surface area contributed by atoms with Crippen molar-refractivity contribution in [2.24, 2.45) is 11.8 Å². The Balaban J connectivity index is 1.85. The van der Waals surface area contributed by atoms with Gasteiger partial charge in [0.15, 0.2) is 0 Å². The van der Waals surface area contributed by atoms with Gasteiger partial charge in [0.2, 0.25) is 5.91 Å². The number of piperazine rings is 1. The van der Waals surface area contributed by atoms with E-state index in [0.717, 1.165) is 19.0 Å². The normalized spacial score (nSPS) is 28.7. The Morgan fingerprint density at radius 3 is 2.35 bits per heavy atom. The highest BCUT2D eigenvalue weighted by Gasteiger charge is 2.44. The third kappa shape index (κ3) is 2.65. The van der Waals surface area contributed by atoms with E-state index in [2.05, 4.69) is 23.6 Å². The Morgan fingerprint density at radius 1 is 1.18 bits per heavy atom. The van der Waals surface area contributed by atoms with Gasteiger partial charge < -0.3 is 4.90 Å². The Morgan fingerprint density at radius 2 is 1.88 bits per heavy atom. The van der Waals surface area contributed by atoms with Gasteiger partial charge in [0.1, 0.15) is 0 Å². The first kappa shape index (κ1) is 12.9. The van der Waals surface area contributed by atoms with Crippen molar-refractivity contribution in [3.05, 3.63) is 0 Å². The van der Waals surface area contributed by atoms with E-state index >= 15 is 0 Å². The maximum Gasteiger partial charge on any atom is 0.225 e. The first-order chi connectivity index (χ1) is 7.99. The fourth-order valence-corrected chi connectivity index (χ4v) is 3.05. The number of carbonyl (C=O) groups is 1. The zero-order valence-electron chi connectivity index (χ0n) is 11.6. The number of likely N-dealkylation sites (tertiary alicyclic amines) is 2. The molecule has 0 spiro atoms. The number of carbonyl (C=O) groups excluding carboxylic acids is 1. The monoisotopic (exact) mass is 238 g/mol. The molecule has 0 radical (unpaired) electrons. The summed E-state index contributed by atoms with van der Waals surface area (Å²) in [6.07, 6.45) is 2.48. The lowest BCUT2D eigenvalue weighted by molar-refractivity contribution is -0.136. The molecular weight excluding hydrogens is 212 g/mol. The molecule has 2 heterocycles. The molecule has 0 unspecified atom stereocenters. The molecule has 0 aromatic carbocycles. The van der Waals surface area contributed by atoms with Gasteiger partial charge in [-0.2, -0.15) is 0 Å². The highest BCUT2D eigenvalue weighted by molar-refractivity contribution is 5.79. The highest BCUT2D eigenvalue weighted by Crippen LogP contribution is 2.31. The summed E-state index contributed by atoms with van der Waals surface area (Å²) < 4.78 is 0. The van der Waals surface area contributed by atoms with E-state index in [0.29, 0.717) is 18.0 Å². The van der Waals surface area contributed by atoms with E-state index in [9.17, 15) is 4.79 Å². The molecule has 2 saturated heterocycles. The number of rotatable bonds is 4. The van der Waals surface area contributed by atoms with Gasteiger partial charge in [-0.05, 0) is 25.3 Å². The molecule has 0 aromatic heterocycles. The summed E-state index contributed by atoms with van der Waals surface area (Å²) in [7, 11) is 0. The minimum atomic E-state index is 0.151. The van der Waals surface area contributed by atoms with Gasteiger partial charge in [0.25, 0.3) is 0 Å². The molecule has 3 heteroatoms. The van der Waals surface area contributed by atoms with Crippen molar-refractivity contribution >= 4 is 5.91 Å². The lowest BCUT2D eigenvalue weighted by atomic mass is 10.1. The van der Waals surface area contributed by atoms with Crippen LogP contribution in [0.4, 0.5) is 0 Å². The number of amides is 1. The number of nitrogens with zero attached hydrogens (tertiary/aromatic N) is 2. The summed E-state index contributed by atoms with van der Waals surface area (Å²) >= 11 is 0. The van der Waals surface area contributed by atoms with Crippen LogP contribution in [0.3, 0.4) is 0 Å². The smallest absolute Gasteiger partial charge is 0.225 e. The lowest BCUT2D eigenvalue weighted by Crippen LogP contribution is -2.50. The topological polar surface area (TPSA) is 23.6 Å². The Hall–Kier alpha value is -0.570. The summed E-state index contributed by atoms with van der Waals surface area (Å²) in [6, 6.07) is 1.14. The fraction of sp³-hybridized carbons (Fsp3) is 0.929. The molecule has 2 rings (SSSR count). The molecule has 98 valence electrons. The van der Waals surface area contributed by atoms with Crippen LogP contribution in [-0.4, -0.2) is 47.4 Å². The Kier molecular flexibility index (Phi) is 3.76. The second-order valence-corrected chi connectivity index (χ2v) is 6.37. The van der Waals surface area contributed by atoms with Gasteiger partial charge in [-0.3, -0.25) is 9.69 Å². The number of hydrogen-bond acceptors (Lipinski definition) is 2. The van der Waals surface area contributed by atoms with Crippen molar-refractivity contribution in [2.45, 2.75) is 52.6 Å². The Bertz CT molecular complexity index is 288. The summed E-state index contributed by atoms with van der Waals surface area (Å²) in [5.41, 5.74) is 0. The maximum atomic E-state index is 12.0. The molecule has 3 nitrogen and oxygen atoms in total. The van der Waals surface area contributed by atoms with Crippen molar-refractivity contribution in [1.29, 1.82) is 0 Å². The van der Waals surface area contributed by atoms with E-state index in [4.69, 9.17) is 0 Å². The largest absolute Gasteiger partial charge is 0.337 e. The summed E-state index contributed by atoms with van der Waals surface area (Å²) in [5.74, 6) is 1.28. The van der Waals surface area contributed by atoms with Gasteiger partial charge >= 0.3 is 0 Å². The second-order valence-electron chi connectivity index (χ2n) is 6.37. The number of hydrogen-bond donors (Lipinski definition) is 0. The van der Waals surface area contributed by atoms with E-state index in [-0.39, 0.29) is 5.92 Å². The zero-order chi connectivity index (χ0) is 12.6. The first-order valence-electron chi connectivity index (χ1n) is 7.03. The van der Waals surface area contributed by atoms with Crippen LogP contribution in [0.5, 0.6) is 0 Å². The molecule has 17 heavy (non-hydrogen) atoms. The molecule has 2 bridgehead atoms. The van der Waals surface area contributed by atoms with E-state index in [1.165, 1.54) is 19.4 Å². The van der Waals surface area contributed by atoms with Crippen LogP contribution < -0.4 is 0 Å². The van der Waals surface area contributed by atoms with Gasteiger partial charge in [0, 0.05) is 31.1 Å². The molecule has 2 aliphatic heterocycles. The predicted octanol–water partition coefficient (Wildman–Crippen LogP) is 1.97. The van der Waals surface area contributed by atoms with Gasteiger partial charge in [-0.15, -0.1) is 0 Å². The SMILES string of the molecule is CC(C)CCN1C[C@H]2C[C@@H]1CN2C(=O)C(C)C. The second kappa shape index (κ2) is 4.97. The highest BCUT2D eigenvalue weighted by atomic mass is 16.2. The first-order valence-corrected chi connectivity index (χ1v) is 7.03. The standard InChI is InChI=1S/C14H26N2O/c1-10(2)5-6-15-8-13-7-12(15)9-16(13)14(17)11(3)4/h10-13H,5-9H2,1-4H3/t12-,13-/m1/s1. The third-order valence-corrected chi connectivity index (χ3v) is 4.12. The van der Waals surface area contributed by atoms with Crippen LogP contribution in [-0.2, 0) is 4.79 Å². The molecular formula is C14H26N2O. The van der Waals surface area contributed by atoms with Gasteiger partial charge in [-0.1, -0.05) is 27.7 Å². The van der Waals surface area contributed by atoms with Crippen molar-refractivity contribution < 1.29 is 4.79 Å². The molecule has 0 aliphatic carbocycles. The van der Waals surface area contributed by atoms with Crippen LogP contribution in [0.25, 0.3) is 0 Å². The minimum absolute atomic E-state index is 0.151. The minimum Gasteiger partial charge on any atom is -0.337 e. The summed E-state index contributed by atoms with van der Waals surface area (Å²) in [4.78, 5) is 16.7. The summed E-state index contributed by atoms with van der Waals surface area (Å²) in [5, 5.41) is 0. The van der Waals surface area contributed by atoms with E-state index < -0.39 is 0 Å². The summed E-state index contributed by atoms with van der Waals surface area (Å²) in [6.45, 7) is 11.9. The molecule has 0 aromatic rings.